The second kappa shape index (κ2) is 9.85. The van der Waals surface area contributed by atoms with Gasteiger partial charge in [0, 0.05) is 25.0 Å². The van der Waals surface area contributed by atoms with Crippen molar-refractivity contribution >= 4 is 17.7 Å². The van der Waals surface area contributed by atoms with Gasteiger partial charge in [-0.05, 0) is 46.5 Å². The predicted molar refractivity (Wildman–Crippen MR) is 113 cm³/mol. The molecule has 0 saturated carbocycles. The van der Waals surface area contributed by atoms with Gasteiger partial charge in [-0.15, -0.1) is 0 Å². The van der Waals surface area contributed by atoms with Gasteiger partial charge in [-0.2, -0.15) is 0 Å². The van der Waals surface area contributed by atoms with Crippen LogP contribution in [0, 0.1) is 5.92 Å². The van der Waals surface area contributed by atoms with Gasteiger partial charge in [-0.3, -0.25) is 14.9 Å². The number of amides is 1. The first-order valence-electron chi connectivity index (χ1n) is 10.8. The first-order chi connectivity index (χ1) is 13.6. The number of nitrogens with one attached hydrogen (secondary N) is 2. The van der Waals surface area contributed by atoms with E-state index < -0.39 is 17.2 Å². The van der Waals surface area contributed by atoms with Gasteiger partial charge >= 0.3 is 6.09 Å². The Balaban J connectivity index is 2.29. The molecule has 2 N–H and O–H groups in total. The summed E-state index contributed by atoms with van der Waals surface area (Å²) in [7, 11) is 0. The maximum Gasteiger partial charge on any atom is 0.410 e. The van der Waals surface area contributed by atoms with Crippen molar-refractivity contribution in [3.63, 3.8) is 0 Å². The summed E-state index contributed by atoms with van der Waals surface area (Å²) >= 11 is 0. The van der Waals surface area contributed by atoms with Crippen molar-refractivity contribution < 1.29 is 19.1 Å². The molecular weight excluding hydrogens is 370 g/mol. The van der Waals surface area contributed by atoms with Crippen LogP contribution in [0.3, 0.4) is 0 Å². The summed E-state index contributed by atoms with van der Waals surface area (Å²) < 4.78 is 5.33. The summed E-state index contributed by atoms with van der Waals surface area (Å²) in [5.41, 5.74) is -1.57. The van der Waals surface area contributed by atoms with E-state index in [1.807, 2.05) is 46.8 Å². The average molecular weight is 408 g/mol. The Morgan fingerprint density at radius 2 is 1.93 bits per heavy atom. The fraction of sp³-hybridized carbons (Fsp3) is 0.773. The van der Waals surface area contributed by atoms with E-state index in [-0.39, 0.29) is 43.2 Å². The summed E-state index contributed by atoms with van der Waals surface area (Å²) in [5, 5.41) is 6.70. The van der Waals surface area contributed by atoms with Crippen LogP contribution in [0.25, 0.3) is 0 Å². The van der Waals surface area contributed by atoms with Crippen LogP contribution in [-0.4, -0.2) is 65.9 Å². The minimum Gasteiger partial charge on any atom is -0.445 e. The second-order valence-corrected chi connectivity index (χ2v) is 9.12. The molecule has 2 rings (SSSR count). The number of fused-ring (bicyclic) bond motifs is 2. The van der Waals surface area contributed by atoms with Gasteiger partial charge in [0.25, 0.3) is 0 Å². The number of allylic oxidation sites excluding steroid dienone is 1. The molecule has 0 aliphatic carbocycles. The molecule has 0 aromatic heterocycles. The fourth-order valence-corrected chi connectivity index (χ4v) is 4.29. The quantitative estimate of drug-likeness (QED) is 0.696. The van der Waals surface area contributed by atoms with Crippen LogP contribution in [-0.2, 0) is 14.3 Å². The van der Waals surface area contributed by atoms with Crippen molar-refractivity contribution in [3.05, 3.63) is 12.2 Å². The number of cyclic esters (lactones) is 1. The van der Waals surface area contributed by atoms with Crippen molar-refractivity contribution in [1.82, 2.24) is 15.5 Å². The highest BCUT2D eigenvalue weighted by molar-refractivity contribution is 5.94. The van der Waals surface area contributed by atoms with Crippen molar-refractivity contribution in [3.8, 4) is 0 Å². The van der Waals surface area contributed by atoms with Gasteiger partial charge in [-0.1, -0.05) is 26.0 Å². The van der Waals surface area contributed by atoms with E-state index in [0.29, 0.717) is 19.4 Å². The Hall–Kier alpha value is -1.73. The molecule has 1 fully saturated rings. The standard InChI is InChI=1S/C22H37N3O4/c1-16(2)19(27)22-11-12-25(15-22)20(28)29-13-9-7-6-8-10-21(5,24-17(3)4)18(26)14-23-22/h7,9,16-17,23-24H,6,8,10-15H2,1-5H3/t21-,22-/m0/s1. The van der Waals surface area contributed by atoms with Crippen LogP contribution in [0.4, 0.5) is 4.79 Å². The van der Waals surface area contributed by atoms with E-state index in [0.717, 1.165) is 12.8 Å². The number of carbonyl (C=O) groups is 3. The maximum atomic E-state index is 13.2. The van der Waals surface area contributed by atoms with Crippen LogP contribution in [0.2, 0.25) is 0 Å². The van der Waals surface area contributed by atoms with E-state index >= 15 is 0 Å². The molecule has 164 valence electrons. The predicted octanol–water partition coefficient (Wildman–Crippen LogP) is 2.45. The molecule has 7 nitrogen and oxygen atoms in total. The van der Waals surface area contributed by atoms with Gasteiger partial charge in [0.05, 0.1) is 17.6 Å². The van der Waals surface area contributed by atoms with Crippen LogP contribution in [0.15, 0.2) is 12.2 Å². The molecule has 1 amide bonds. The summed E-state index contributed by atoms with van der Waals surface area (Å²) in [5.74, 6) is -0.121. The smallest absolute Gasteiger partial charge is 0.410 e. The zero-order valence-electron chi connectivity index (χ0n) is 18.5. The molecule has 2 heterocycles. The number of ketones is 2. The molecule has 2 aliphatic heterocycles. The van der Waals surface area contributed by atoms with Crippen molar-refractivity contribution in [2.75, 3.05) is 26.2 Å². The van der Waals surface area contributed by atoms with Crippen LogP contribution < -0.4 is 10.6 Å². The lowest BCUT2D eigenvalue weighted by atomic mass is 9.84. The Bertz CT molecular complexity index is 646. The minimum atomic E-state index is -0.905. The third-order valence-corrected chi connectivity index (χ3v) is 5.85. The number of Topliss-reactive ketones (excluding diaryl/α,β-unsaturated/α-hetero) is 2. The number of hydrogen-bond donors (Lipinski definition) is 2. The largest absolute Gasteiger partial charge is 0.445 e. The fourth-order valence-electron chi connectivity index (χ4n) is 4.29. The number of nitrogens with zero attached hydrogens (tertiary/aromatic N) is 1. The van der Waals surface area contributed by atoms with Crippen molar-refractivity contribution in [2.45, 2.75) is 77.4 Å². The molecule has 29 heavy (non-hydrogen) atoms. The highest BCUT2D eigenvalue weighted by Crippen LogP contribution is 2.27. The number of rotatable bonds is 4. The van der Waals surface area contributed by atoms with E-state index in [4.69, 9.17) is 4.74 Å². The zero-order valence-corrected chi connectivity index (χ0v) is 18.5. The monoisotopic (exact) mass is 407 g/mol. The second-order valence-electron chi connectivity index (χ2n) is 9.12. The Kier molecular flexibility index (Phi) is 8.00. The lowest BCUT2D eigenvalue weighted by Crippen LogP contribution is -2.61. The molecular formula is C22H37N3O4. The molecule has 7 heteroatoms. The highest BCUT2D eigenvalue weighted by atomic mass is 16.6. The van der Waals surface area contributed by atoms with Crippen molar-refractivity contribution in [2.24, 2.45) is 5.92 Å². The van der Waals surface area contributed by atoms with Gasteiger partial charge in [0.1, 0.15) is 6.61 Å². The lowest BCUT2D eigenvalue weighted by Gasteiger charge is -2.35. The highest BCUT2D eigenvalue weighted by Gasteiger charge is 2.47. The minimum absolute atomic E-state index is 0.0309. The first kappa shape index (κ1) is 23.5. The van der Waals surface area contributed by atoms with Gasteiger partial charge in [-0.25, -0.2) is 4.79 Å². The third-order valence-electron chi connectivity index (χ3n) is 5.85. The molecule has 2 bridgehead atoms. The third kappa shape index (κ3) is 5.89. The van der Waals surface area contributed by atoms with Crippen molar-refractivity contribution in [1.29, 1.82) is 0 Å². The average Bonchev–Trinajstić information content (AvgIpc) is 3.08. The van der Waals surface area contributed by atoms with Crippen LogP contribution >= 0.6 is 0 Å². The van der Waals surface area contributed by atoms with E-state index in [2.05, 4.69) is 10.6 Å². The summed E-state index contributed by atoms with van der Waals surface area (Å²) in [6, 6.07) is 0.167. The molecule has 0 radical (unpaired) electrons. The lowest BCUT2D eigenvalue weighted by molar-refractivity contribution is -0.129. The Morgan fingerprint density at radius 3 is 2.59 bits per heavy atom. The molecule has 0 aromatic carbocycles. The van der Waals surface area contributed by atoms with E-state index in [1.165, 1.54) is 0 Å². The molecule has 1 saturated heterocycles. The summed E-state index contributed by atoms with van der Waals surface area (Å²) in [6.07, 6.45) is 6.25. The molecule has 0 unspecified atom stereocenters. The molecule has 0 spiro atoms. The first-order valence-corrected chi connectivity index (χ1v) is 10.8. The summed E-state index contributed by atoms with van der Waals surface area (Å²) in [6.45, 7) is 10.7. The van der Waals surface area contributed by atoms with Gasteiger partial charge in [0.15, 0.2) is 11.6 Å². The number of ether oxygens (including phenoxy) is 1. The van der Waals surface area contributed by atoms with Crippen LogP contribution in [0.5, 0.6) is 0 Å². The summed E-state index contributed by atoms with van der Waals surface area (Å²) in [4.78, 5) is 40.2. The number of hydrogen-bond acceptors (Lipinski definition) is 6. The normalized spacial score (nSPS) is 29.7. The maximum absolute atomic E-state index is 13.2. The number of carbonyl (C=O) groups excluding carboxylic acids is 3. The van der Waals surface area contributed by atoms with E-state index in [1.54, 1.807) is 4.90 Å². The zero-order chi connectivity index (χ0) is 21.7. The topological polar surface area (TPSA) is 87.7 Å². The van der Waals surface area contributed by atoms with Gasteiger partial charge in [0.2, 0.25) is 0 Å². The Morgan fingerprint density at radius 1 is 1.21 bits per heavy atom. The molecule has 2 aliphatic rings. The molecule has 2 atom stereocenters. The molecule has 0 aromatic rings. The van der Waals surface area contributed by atoms with Gasteiger partial charge < -0.3 is 15.0 Å². The van der Waals surface area contributed by atoms with Crippen LogP contribution in [0.1, 0.15) is 60.3 Å². The SMILES string of the molecule is CC(C)N[C@@]1(C)CCCC=CCOC(=O)N2CC[C@@](C(=O)C(C)C)(C2)NCC1=O. The van der Waals surface area contributed by atoms with E-state index in [9.17, 15) is 14.4 Å². The Labute approximate surface area is 174 Å².